The fraction of sp³-hybridized carbons (Fsp3) is 1.00. The van der Waals surface area contributed by atoms with E-state index in [0.717, 1.165) is 32.1 Å². The molecule has 0 aromatic rings. The van der Waals surface area contributed by atoms with Gasteiger partial charge in [-0.25, -0.2) is 0 Å². The zero-order chi connectivity index (χ0) is 12.7. The number of piperazine rings is 1. The third kappa shape index (κ3) is 6.39. The van der Waals surface area contributed by atoms with Crippen molar-refractivity contribution in [1.82, 2.24) is 15.5 Å². The van der Waals surface area contributed by atoms with E-state index in [2.05, 4.69) is 43.2 Å². The highest BCUT2D eigenvalue weighted by Gasteiger charge is 2.16. The quantitative estimate of drug-likeness (QED) is 0.708. The lowest BCUT2D eigenvalue weighted by atomic mass is 9.90. The summed E-state index contributed by atoms with van der Waals surface area (Å²) in [7, 11) is 0. The fourth-order valence-corrected chi connectivity index (χ4v) is 2.18. The lowest BCUT2D eigenvalue weighted by Gasteiger charge is -2.30. The fourth-order valence-electron chi connectivity index (χ4n) is 2.18. The normalized spacial score (nSPS) is 20.5. The second-order valence-electron chi connectivity index (χ2n) is 6.30. The minimum Gasteiger partial charge on any atom is -0.316 e. The van der Waals surface area contributed by atoms with E-state index in [9.17, 15) is 0 Å². The molecular weight excluding hydrogens is 210 g/mol. The summed E-state index contributed by atoms with van der Waals surface area (Å²) in [4.78, 5) is 2.58. The molecule has 17 heavy (non-hydrogen) atoms. The van der Waals surface area contributed by atoms with E-state index in [1.807, 2.05) is 0 Å². The molecule has 1 unspecified atom stereocenters. The molecular formula is C14H31N3. The molecule has 1 fully saturated rings. The first-order chi connectivity index (χ1) is 8.03. The third-order valence-corrected chi connectivity index (χ3v) is 3.83. The molecule has 0 bridgehead atoms. The van der Waals surface area contributed by atoms with Crippen molar-refractivity contribution < 1.29 is 0 Å². The van der Waals surface area contributed by atoms with Crippen LogP contribution in [0.15, 0.2) is 0 Å². The zero-order valence-corrected chi connectivity index (χ0v) is 12.2. The van der Waals surface area contributed by atoms with Crippen molar-refractivity contribution in [3.63, 3.8) is 0 Å². The van der Waals surface area contributed by atoms with Crippen molar-refractivity contribution in [2.75, 3.05) is 45.8 Å². The standard InChI is InChI=1S/C14H31N3/c1-5-14(3,4)12-16-10-13(2)11-17-8-6-15-7-9-17/h13,15-16H,5-12H2,1-4H3. The predicted molar refractivity (Wildman–Crippen MR) is 75.4 cm³/mol. The second-order valence-corrected chi connectivity index (χ2v) is 6.30. The van der Waals surface area contributed by atoms with Crippen LogP contribution in [0.3, 0.4) is 0 Å². The van der Waals surface area contributed by atoms with Crippen molar-refractivity contribution in [3.8, 4) is 0 Å². The lowest BCUT2D eigenvalue weighted by Crippen LogP contribution is -2.46. The van der Waals surface area contributed by atoms with Crippen molar-refractivity contribution in [2.45, 2.75) is 34.1 Å². The minimum atomic E-state index is 0.439. The number of nitrogens with zero attached hydrogens (tertiary/aromatic N) is 1. The first-order valence-electron chi connectivity index (χ1n) is 7.17. The summed E-state index contributed by atoms with van der Waals surface area (Å²) in [5.41, 5.74) is 0.439. The van der Waals surface area contributed by atoms with E-state index >= 15 is 0 Å². The maximum atomic E-state index is 3.62. The second kappa shape index (κ2) is 7.34. The van der Waals surface area contributed by atoms with Crippen molar-refractivity contribution in [3.05, 3.63) is 0 Å². The Kier molecular flexibility index (Phi) is 6.45. The number of nitrogens with one attached hydrogen (secondary N) is 2. The van der Waals surface area contributed by atoms with Crippen LogP contribution in [0.4, 0.5) is 0 Å². The summed E-state index contributed by atoms with van der Waals surface area (Å²) in [6.45, 7) is 17.5. The maximum Gasteiger partial charge on any atom is 0.0107 e. The van der Waals surface area contributed by atoms with Crippen molar-refractivity contribution in [1.29, 1.82) is 0 Å². The molecule has 3 nitrogen and oxygen atoms in total. The van der Waals surface area contributed by atoms with Gasteiger partial charge >= 0.3 is 0 Å². The summed E-state index contributed by atoms with van der Waals surface area (Å²) in [6, 6.07) is 0. The van der Waals surface area contributed by atoms with Gasteiger partial charge in [-0.3, -0.25) is 0 Å². The summed E-state index contributed by atoms with van der Waals surface area (Å²) in [5.74, 6) is 0.751. The van der Waals surface area contributed by atoms with Gasteiger partial charge in [-0.2, -0.15) is 0 Å². The third-order valence-electron chi connectivity index (χ3n) is 3.83. The van der Waals surface area contributed by atoms with E-state index in [1.54, 1.807) is 0 Å². The van der Waals surface area contributed by atoms with Gasteiger partial charge in [0.15, 0.2) is 0 Å². The van der Waals surface area contributed by atoms with Crippen LogP contribution in [-0.2, 0) is 0 Å². The van der Waals surface area contributed by atoms with Crippen LogP contribution in [0, 0.1) is 11.3 Å². The number of rotatable bonds is 7. The van der Waals surface area contributed by atoms with Gasteiger partial charge in [0, 0.05) is 39.3 Å². The van der Waals surface area contributed by atoms with E-state index in [4.69, 9.17) is 0 Å². The van der Waals surface area contributed by atoms with Crippen LogP contribution in [0.1, 0.15) is 34.1 Å². The first-order valence-corrected chi connectivity index (χ1v) is 7.17. The average molecular weight is 241 g/mol. The van der Waals surface area contributed by atoms with E-state index < -0.39 is 0 Å². The van der Waals surface area contributed by atoms with Crippen LogP contribution < -0.4 is 10.6 Å². The molecule has 1 rings (SSSR count). The Morgan fingerprint density at radius 3 is 2.53 bits per heavy atom. The summed E-state index contributed by atoms with van der Waals surface area (Å²) >= 11 is 0. The van der Waals surface area contributed by atoms with Crippen LogP contribution >= 0.6 is 0 Å². The van der Waals surface area contributed by atoms with Gasteiger partial charge in [0.1, 0.15) is 0 Å². The first kappa shape index (κ1) is 14.9. The zero-order valence-electron chi connectivity index (χ0n) is 12.2. The maximum absolute atomic E-state index is 3.62. The smallest absolute Gasteiger partial charge is 0.0107 e. The number of hydrogen-bond donors (Lipinski definition) is 2. The van der Waals surface area contributed by atoms with Gasteiger partial charge < -0.3 is 15.5 Å². The molecule has 0 amide bonds. The summed E-state index contributed by atoms with van der Waals surface area (Å²) in [5, 5.41) is 7.02. The molecule has 102 valence electrons. The highest BCUT2D eigenvalue weighted by molar-refractivity contribution is 4.73. The predicted octanol–water partition coefficient (Wildman–Crippen LogP) is 1.55. The molecule has 0 aliphatic carbocycles. The summed E-state index contributed by atoms with van der Waals surface area (Å²) < 4.78 is 0. The van der Waals surface area contributed by atoms with Gasteiger partial charge in [0.2, 0.25) is 0 Å². The van der Waals surface area contributed by atoms with Gasteiger partial charge in [0.05, 0.1) is 0 Å². The molecule has 1 aliphatic heterocycles. The van der Waals surface area contributed by atoms with Gasteiger partial charge in [0.25, 0.3) is 0 Å². The van der Waals surface area contributed by atoms with Crippen molar-refractivity contribution in [2.24, 2.45) is 11.3 Å². The molecule has 0 radical (unpaired) electrons. The molecule has 0 aromatic heterocycles. The van der Waals surface area contributed by atoms with Crippen LogP contribution in [0.25, 0.3) is 0 Å². The Morgan fingerprint density at radius 1 is 1.29 bits per heavy atom. The molecule has 2 N–H and O–H groups in total. The Morgan fingerprint density at radius 2 is 1.94 bits per heavy atom. The van der Waals surface area contributed by atoms with Gasteiger partial charge in [-0.15, -0.1) is 0 Å². The Labute approximate surface area is 107 Å². The highest BCUT2D eigenvalue weighted by Crippen LogP contribution is 2.17. The molecule has 0 spiro atoms. The van der Waals surface area contributed by atoms with Crippen LogP contribution in [0.5, 0.6) is 0 Å². The van der Waals surface area contributed by atoms with Crippen LogP contribution in [-0.4, -0.2) is 50.7 Å². The van der Waals surface area contributed by atoms with Crippen molar-refractivity contribution >= 4 is 0 Å². The van der Waals surface area contributed by atoms with E-state index in [-0.39, 0.29) is 0 Å². The Hall–Kier alpha value is -0.120. The summed E-state index contributed by atoms with van der Waals surface area (Å²) in [6.07, 6.45) is 1.24. The van der Waals surface area contributed by atoms with Crippen LogP contribution in [0.2, 0.25) is 0 Å². The lowest BCUT2D eigenvalue weighted by molar-refractivity contribution is 0.206. The Bertz CT molecular complexity index is 198. The average Bonchev–Trinajstić information content (AvgIpc) is 2.30. The monoisotopic (exact) mass is 241 g/mol. The molecule has 1 heterocycles. The molecule has 3 heteroatoms. The number of hydrogen-bond acceptors (Lipinski definition) is 3. The van der Waals surface area contributed by atoms with E-state index in [1.165, 1.54) is 26.1 Å². The SMILES string of the molecule is CCC(C)(C)CNCC(C)CN1CCNCC1. The molecule has 1 atom stereocenters. The molecule has 1 saturated heterocycles. The largest absolute Gasteiger partial charge is 0.316 e. The molecule has 1 aliphatic rings. The van der Waals surface area contributed by atoms with Gasteiger partial charge in [-0.05, 0) is 24.3 Å². The van der Waals surface area contributed by atoms with Gasteiger partial charge in [-0.1, -0.05) is 27.7 Å². The molecule has 0 aromatic carbocycles. The minimum absolute atomic E-state index is 0.439. The molecule has 0 saturated carbocycles. The highest BCUT2D eigenvalue weighted by atomic mass is 15.2. The van der Waals surface area contributed by atoms with E-state index in [0.29, 0.717) is 5.41 Å². The Balaban J connectivity index is 2.10. The topological polar surface area (TPSA) is 27.3 Å².